The van der Waals surface area contributed by atoms with Gasteiger partial charge in [-0.3, -0.25) is 0 Å². The largest absolute Gasteiger partial charge is 0.374 e. The van der Waals surface area contributed by atoms with E-state index in [1.165, 1.54) is 23.5 Å². The first-order valence-electron chi connectivity index (χ1n) is 8.42. The van der Waals surface area contributed by atoms with Crippen molar-refractivity contribution in [2.24, 2.45) is 0 Å². The molecule has 0 amide bonds. The lowest BCUT2D eigenvalue weighted by molar-refractivity contribution is 0.275. The van der Waals surface area contributed by atoms with E-state index in [1.807, 2.05) is 11.4 Å². The Hall–Kier alpha value is -1.83. The molecule has 0 saturated heterocycles. The van der Waals surface area contributed by atoms with Gasteiger partial charge in [0.2, 0.25) is 0 Å². The van der Waals surface area contributed by atoms with Crippen molar-refractivity contribution < 1.29 is 8.78 Å². The SMILES string of the molecule is Fc1cc(NC2(c3ccccc3F)CCC2)c(Cl)cc1SNc1nccs1. The lowest BCUT2D eigenvalue weighted by Gasteiger charge is -2.44. The Balaban J connectivity index is 1.57. The molecule has 0 unspecified atom stereocenters. The van der Waals surface area contributed by atoms with Crippen LogP contribution in [0.5, 0.6) is 0 Å². The highest BCUT2D eigenvalue weighted by Gasteiger charge is 2.41. The fraction of sp³-hybridized carbons (Fsp3) is 0.211. The van der Waals surface area contributed by atoms with Crippen molar-refractivity contribution in [3.8, 4) is 0 Å². The number of halogens is 3. The van der Waals surface area contributed by atoms with Crippen LogP contribution in [-0.4, -0.2) is 4.98 Å². The molecule has 3 nitrogen and oxygen atoms in total. The molecule has 3 aromatic rings. The van der Waals surface area contributed by atoms with Crippen molar-refractivity contribution in [1.29, 1.82) is 0 Å². The van der Waals surface area contributed by atoms with E-state index in [0.29, 0.717) is 26.3 Å². The molecule has 2 aromatic carbocycles. The van der Waals surface area contributed by atoms with Gasteiger partial charge in [-0.1, -0.05) is 29.8 Å². The molecule has 1 fully saturated rings. The second-order valence-electron chi connectivity index (χ2n) is 6.34. The van der Waals surface area contributed by atoms with E-state index in [9.17, 15) is 8.78 Å². The van der Waals surface area contributed by atoms with Crippen molar-refractivity contribution in [2.45, 2.75) is 29.7 Å². The zero-order chi connectivity index (χ0) is 18.9. The highest BCUT2D eigenvalue weighted by Crippen LogP contribution is 2.46. The molecule has 1 heterocycles. The van der Waals surface area contributed by atoms with E-state index in [2.05, 4.69) is 15.0 Å². The van der Waals surface area contributed by atoms with E-state index in [1.54, 1.807) is 24.4 Å². The van der Waals surface area contributed by atoms with Gasteiger partial charge in [0.15, 0.2) is 5.13 Å². The van der Waals surface area contributed by atoms with Gasteiger partial charge in [-0.25, -0.2) is 13.8 Å². The van der Waals surface area contributed by atoms with Crippen LogP contribution in [0.3, 0.4) is 0 Å². The number of nitrogens with one attached hydrogen (secondary N) is 2. The summed E-state index contributed by atoms with van der Waals surface area (Å²) in [6.07, 6.45) is 4.19. The monoisotopic (exact) mass is 423 g/mol. The molecular weight excluding hydrogens is 408 g/mol. The molecule has 1 saturated carbocycles. The first-order valence-corrected chi connectivity index (χ1v) is 10.5. The van der Waals surface area contributed by atoms with Crippen LogP contribution in [-0.2, 0) is 5.54 Å². The summed E-state index contributed by atoms with van der Waals surface area (Å²) in [6, 6.07) is 9.64. The highest BCUT2D eigenvalue weighted by molar-refractivity contribution is 8.00. The first kappa shape index (κ1) is 18.5. The number of hydrogen-bond acceptors (Lipinski definition) is 5. The zero-order valence-electron chi connectivity index (χ0n) is 14.1. The molecule has 0 spiro atoms. The summed E-state index contributed by atoms with van der Waals surface area (Å²) < 4.78 is 31.9. The summed E-state index contributed by atoms with van der Waals surface area (Å²) in [5, 5.41) is 6.21. The third-order valence-corrected chi connectivity index (χ3v) is 6.63. The summed E-state index contributed by atoms with van der Waals surface area (Å²) in [5.41, 5.74) is 0.516. The van der Waals surface area contributed by atoms with Gasteiger partial charge < -0.3 is 10.0 Å². The first-order chi connectivity index (χ1) is 13.1. The predicted molar refractivity (Wildman–Crippen MR) is 109 cm³/mol. The molecule has 0 radical (unpaired) electrons. The minimum absolute atomic E-state index is 0.263. The second kappa shape index (κ2) is 7.66. The van der Waals surface area contributed by atoms with E-state index < -0.39 is 11.4 Å². The number of hydrogen-bond donors (Lipinski definition) is 2. The zero-order valence-corrected chi connectivity index (χ0v) is 16.5. The number of benzene rings is 2. The Morgan fingerprint density at radius 2 is 1.96 bits per heavy atom. The van der Waals surface area contributed by atoms with Crippen LogP contribution in [0.1, 0.15) is 24.8 Å². The Kier molecular flexibility index (Phi) is 5.25. The Labute approximate surface area is 169 Å². The van der Waals surface area contributed by atoms with Gasteiger partial charge in [-0.2, -0.15) is 0 Å². The third kappa shape index (κ3) is 3.77. The minimum atomic E-state index is -0.546. The average molecular weight is 424 g/mol. The molecule has 0 bridgehead atoms. The number of thiazole rings is 1. The quantitative estimate of drug-likeness (QED) is 0.433. The fourth-order valence-corrected chi connectivity index (χ4v) is 4.72. The maximum absolute atomic E-state index is 14.6. The van der Waals surface area contributed by atoms with Crippen molar-refractivity contribution >= 4 is 45.7 Å². The summed E-state index contributed by atoms with van der Waals surface area (Å²) in [5.74, 6) is -0.667. The van der Waals surface area contributed by atoms with Crippen LogP contribution in [0.2, 0.25) is 5.02 Å². The van der Waals surface area contributed by atoms with Gasteiger partial charge in [0.25, 0.3) is 0 Å². The molecule has 2 N–H and O–H groups in total. The highest BCUT2D eigenvalue weighted by atomic mass is 35.5. The van der Waals surface area contributed by atoms with E-state index in [4.69, 9.17) is 11.6 Å². The molecular formula is C19H16ClF2N3S2. The molecule has 140 valence electrons. The Bertz CT molecular complexity index is 946. The molecule has 0 atom stereocenters. The normalized spacial score (nSPS) is 15.2. The van der Waals surface area contributed by atoms with Crippen LogP contribution in [0, 0.1) is 11.6 Å². The topological polar surface area (TPSA) is 37.0 Å². The van der Waals surface area contributed by atoms with Crippen LogP contribution in [0.4, 0.5) is 19.6 Å². The maximum Gasteiger partial charge on any atom is 0.192 e. The average Bonchev–Trinajstić information content (AvgIpc) is 3.14. The Morgan fingerprint density at radius 1 is 1.15 bits per heavy atom. The van der Waals surface area contributed by atoms with Gasteiger partial charge >= 0.3 is 0 Å². The van der Waals surface area contributed by atoms with Crippen LogP contribution in [0.25, 0.3) is 0 Å². The van der Waals surface area contributed by atoms with Gasteiger partial charge in [0.1, 0.15) is 11.6 Å². The van der Waals surface area contributed by atoms with E-state index >= 15 is 0 Å². The number of aromatic nitrogens is 1. The molecule has 1 aromatic heterocycles. The fourth-order valence-electron chi connectivity index (χ4n) is 3.17. The summed E-state index contributed by atoms with van der Waals surface area (Å²) in [7, 11) is 0. The molecule has 8 heteroatoms. The van der Waals surface area contributed by atoms with Crippen LogP contribution < -0.4 is 10.0 Å². The lowest BCUT2D eigenvalue weighted by Crippen LogP contribution is -2.42. The second-order valence-corrected chi connectivity index (χ2v) is 8.49. The van der Waals surface area contributed by atoms with Gasteiger partial charge in [0.05, 0.1) is 21.1 Å². The molecule has 27 heavy (non-hydrogen) atoms. The van der Waals surface area contributed by atoms with E-state index in [-0.39, 0.29) is 5.82 Å². The van der Waals surface area contributed by atoms with Crippen molar-refractivity contribution in [3.63, 3.8) is 0 Å². The third-order valence-electron chi connectivity index (χ3n) is 4.67. The smallest absolute Gasteiger partial charge is 0.192 e. The number of anilines is 2. The summed E-state index contributed by atoms with van der Waals surface area (Å²) >= 11 is 8.94. The molecule has 1 aliphatic rings. The summed E-state index contributed by atoms with van der Waals surface area (Å²) in [4.78, 5) is 4.46. The maximum atomic E-state index is 14.6. The Morgan fingerprint density at radius 3 is 2.63 bits per heavy atom. The van der Waals surface area contributed by atoms with Crippen molar-refractivity contribution in [3.05, 3.63) is 70.2 Å². The lowest BCUT2D eigenvalue weighted by atomic mass is 9.71. The van der Waals surface area contributed by atoms with Crippen LogP contribution in [0.15, 0.2) is 52.9 Å². The minimum Gasteiger partial charge on any atom is -0.374 e. The number of rotatable bonds is 6. The van der Waals surface area contributed by atoms with Gasteiger partial charge in [-0.15, -0.1) is 11.3 Å². The van der Waals surface area contributed by atoms with Crippen molar-refractivity contribution in [1.82, 2.24) is 4.98 Å². The standard InChI is InChI=1S/C19H16ClF2N3S2/c20-13-10-17(27-25-18-23-8-9-26-18)15(22)11-16(13)24-19(6-3-7-19)12-4-1-2-5-14(12)21/h1-2,4-5,8-11,24H,3,6-7H2,(H,23,25). The van der Waals surface area contributed by atoms with Gasteiger partial charge in [0, 0.05) is 17.1 Å². The molecule has 0 aliphatic heterocycles. The van der Waals surface area contributed by atoms with Crippen LogP contribution >= 0.6 is 34.9 Å². The van der Waals surface area contributed by atoms with Crippen molar-refractivity contribution in [2.75, 3.05) is 10.0 Å². The van der Waals surface area contributed by atoms with Gasteiger partial charge in [-0.05, 0) is 49.4 Å². The summed E-state index contributed by atoms with van der Waals surface area (Å²) in [6.45, 7) is 0. The number of nitrogens with zero attached hydrogens (tertiary/aromatic N) is 1. The molecule has 4 rings (SSSR count). The predicted octanol–water partition coefficient (Wildman–Crippen LogP) is 6.69. The molecule has 1 aliphatic carbocycles. The van der Waals surface area contributed by atoms with E-state index in [0.717, 1.165) is 31.2 Å².